The van der Waals surface area contributed by atoms with Gasteiger partial charge in [-0.3, -0.25) is 0 Å². The lowest BCUT2D eigenvalue weighted by molar-refractivity contribution is 0.0258. The van der Waals surface area contributed by atoms with Gasteiger partial charge >= 0.3 is 6.09 Å². The van der Waals surface area contributed by atoms with Gasteiger partial charge in [0.15, 0.2) is 5.82 Å². The number of amides is 1. The van der Waals surface area contributed by atoms with Crippen LogP contribution in [0, 0.1) is 6.92 Å². The van der Waals surface area contributed by atoms with Gasteiger partial charge in [0.2, 0.25) is 5.88 Å². The Morgan fingerprint density at radius 2 is 1.87 bits per heavy atom. The van der Waals surface area contributed by atoms with Crippen molar-refractivity contribution >= 4 is 6.09 Å². The van der Waals surface area contributed by atoms with Crippen LogP contribution in [-0.4, -0.2) is 49.8 Å². The zero-order valence-electron chi connectivity index (χ0n) is 18.1. The molecule has 9 heteroatoms. The van der Waals surface area contributed by atoms with Crippen molar-refractivity contribution in [3.05, 3.63) is 47.5 Å². The van der Waals surface area contributed by atoms with Crippen LogP contribution in [0.5, 0.6) is 11.6 Å². The Kier molecular flexibility index (Phi) is 5.58. The summed E-state index contributed by atoms with van der Waals surface area (Å²) in [5.74, 6) is 1.88. The summed E-state index contributed by atoms with van der Waals surface area (Å²) >= 11 is 0. The highest BCUT2D eigenvalue weighted by Crippen LogP contribution is 2.26. The van der Waals surface area contributed by atoms with E-state index >= 15 is 0 Å². The van der Waals surface area contributed by atoms with Gasteiger partial charge in [0.1, 0.15) is 17.0 Å². The van der Waals surface area contributed by atoms with E-state index in [0.29, 0.717) is 42.1 Å². The molecule has 3 heterocycles. The number of carbonyl (C=O) groups excluding carboxylic acids is 1. The van der Waals surface area contributed by atoms with Gasteiger partial charge in [-0.25, -0.2) is 14.8 Å². The third kappa shape index (κ3) is 5.17. The van der Waals surface area contributed by atoms with Crippen molar-refractivity contribution < 1.29 is 18.8 Å². The first-order valence-electron chi connectivity index (χ1n) is 10.2. The maximum absolute atomic E-state index is 12.4. The lowest BCUT2D eigenvalue weighted by Gasteiger charge is -2.26. The Hall–Kier alpha value is -3.49. The molecular weight excluding hydrogens is 398 g/mol. The van der Waals surface area contributed by atoms with E-state index in [1.54, 1.807) is 11.8 Å². The van der Waals surface area contributed by atoms with Crippen molar-refractivity contribution in [1.82, 2.24) is 25.0 Å². The van der Waals surface area contributed by atoms with Crippen LogP contribution in [0.15, 0.2) is 35.1 Å². The molecule has 0 bridgehead atoms. The van der Waals surface area contributed by atoms with Crippen molar-refractivity contribution in [3.63, 3.8) is 0 Å². The Bertz CT molecular complexity index is 1070. The Morgan fingerprint density at radius 3 is 2.52 bits per heavy atom. The summed E-state index contributed by atoms with van der Waals surface area (Å²) in [6, 6.07) is 5.93. The van der Waals surface area contributed by atoms with E-state index in [4.69, 9.17) is 14.0 Å². The standard InChI is InChI=1S/C22H25N5O4/c1-14-25-20(31-26-14)18-12-24-19(13-23-18)29-17-6-5-15-7-9-27(10-8-16(15)11-17)21(28)30-22(2,3)4/h5-6,11-13H,7-10H2,1-4H3. The molecule has 1 aliphatic rings. The molecule has 0 aliphatic carbocycles. The highest BCUT2D eigenvalue weighted by Gasteiger charge is 2.24. The fourth-order valence-corrected chi connectivity index (χ4v) is 3.28. The second kappa shape index (κ2) is 8.33. The lowest BCUT2D eigenvalue weighted by atomic mass is 10.0. The predicted molar refractivity (Wildman–Crippen MR) is 112 cm³/mol. The van der Waals surface area contributed by atoms with E-state index in [-0.39, 0.29) is 6.09 Å². The third-order valence-electron chi connectivity index (χ3n) is 4.73. The van der Waals surface area contributed by atoms with Crippen LogP contribution in [0.1, 0.15) is 37.7 Å². The largest absolute Gasteiger partial charge is 0.444 e. The monoisotopic (exact) mass is 423 g/mol. The summed E-state index contributed by atoms with van der Waals surface area (Å²) in [4.78, 5) is 26.9. The number of benzene rings is 1. The van der Waals surface area contributed by atoms with E-state index in [1.165, 1.54) is 18.0 Å². The molecule has 4 rings (SSSR count). The molecule has 9 nitrogen and oxygen atoms in total. The molecule has 0 unspecified atom stereocenters. The smallest absolute Gasteiger partial charge is 0.410 e. The normalized spacial score (nSPS) is 14.0. The first kappa shape index (κ1) is 20.8. The molecular formula is C22H25N5O4. The number of fused-ring (bicyclic) bond motifs is 1. The summed E-state index contributed by atoms with van der Waals surface area (Å²) in [7, 11) is 0. The average Bonchev–Trinajstić information content (AvgIpc) is 3.03. The molecule has 31 heavy (non-hydrogen) atoms. The molecule has 162 valence electrons. The minimum absolute atomic E-state index is 0.274. The van der Waals surface area contributed by atoms with Crippen LogP contribution in [-0.2, 0) is 17.6 Å². The van der Waals surface area contributed by atoms with Gasteiger partial charge in [-0.15, -0.1) is 0 Å². The molecule has 3 aromatic rings. The van der Waals surface area contributed by atoms with Crippen LogP contribution in [0.2, 0.25) is 0 Å². The molecule has 0 fully saturated rings. The molecule has 0 saturated carbocycles. The fourth-order valence-electron chi connectivity index (χ4n) is 3.28. The fraction of sp³-hybridized carbons (Fsp3) is 0.409. The zero-order valence-corrected chi connectivity index (χ0v) is 18.1. The Balaban J connectivity index is 1.42. The van der Waals surface area contributed by atoms with Crippen LogP contribution in [0.4, 0.5) is 4.79 Å². The van der Waals surface area contributed by atoms with E-state index < -0.39 is 5.60 Å². The summed E-state index contributed by atoms with van der Waals surface area (Å²) in [6.07, 6.45) is 4.28. The number of ether oxygens (including phenoxy) is 2. The summed E-state index contributed by atoms with van der Waals surface area (Å²) in [6.45, 7) is 8.59. The van der Waals surface area contributed by atoms with E-state index in [1.807, 2.05) is 39.0 Å². The number of aryl methyl sites for hydroxylation is 1. The Labute approximate surface area is 180 Å². The number of rotatable bonds is 3. The summed E-state index contributed by atoms with van der Waals surface area (Å²) < 4.78 is 16.5. The van der Waals surface area contributed by atoms with Crippen LogP contribution in [0.3, 0.4) is 0 Å². The van der Waals surface area contributed by atoms with E-state index in [9.17, 15) is 4.79 Å². The predicted octanol–water partition coefficient (Wildman–Crippen LogP) is 3.96. The first-order valence-corrected chi connectivity index (χ1v) is 10.2. The van der Waals surface area contributed by atoms with Gasteiger partial charge in [-0.1, -0.05) is 11.2 Å². The molecule has 0 spiro atoms. The van der Waals surface area contributed by atoms with Crippen molar-refractivity contribution in [3.8, 4) is 23.2 Å². The van der Waals surface area contributed by atoms with Gasteiger partial charge in [0.25, 0.3) is 5.89 Å². The number of aromatic nitrogens is 4. The number of hydrogen-bond acceptors (Lipinski definition) is 8. The highest BCUT2D eigenvalue weighted by molar-refractivity contribution is 5.68. The number of carbonyl (C=O) groups is 1. The Morgan fingerprint density at radius 1 is 1.10 bits per heavy atom. The minimum Gasteiger partial charge on any atom is -0.444 e. The molecule has 1 aliphatic heterocycles. The number of hydrogen-bond donors (Lipinski definition) is 0. The van der Waals surface area contributed by atoms with Crippen molar-refractivity contribution in [2.24, 2.45) is 0 Å². The third-order valence-corrected chi connectivity index (χ3v) is 4.73. The number of nitrogens with zero attached hydrogens (tertiary/aromatic N) is 5. The van der Waals surface area contributed by atoms with Gasteiger partial charge in [-0.05, 0) is 63.8 Å². The SMILES string of the molecule is Cc1noc(-c2cnc(Oc3ccc4c(c3)CCN(C(=O)OC(C)(C)C)CC4)cn2)n1. The van der Waals surface area contributed by atoms with Gasteiger partial charge in [0, 0.05) is 13.1 Å². The molecule has 2 aromatic heterocycles. The molecule has 0 radical (unpaired) electrons. The van der Waals surface area contributed by atoms with Crippen molar-refractivity contribution in [2.45, 2.75) is 46.1 Å². The maximum Gasteiger partial charge on any atom is 0.410 e. The van der Waals surface area contributed by atoms with E-state index in [2.05, 4.69) is 20.1 Å². The second-order valence-electron chi connectivity index (χ2n) is 8.39. The second-order valence-corrected chi connectivity index (χ2v) is 8.39. The van der Waals surface area contributed by atoms with Gasteiger partial charge < -0.3 is 18.9 Å². The lowest BCUT2D eigenvalue weighted by Crippen LogP contribution is -2.38. The maximum atomic E-state index is 12.4. The van der Waals surface area contributed by atoms with Crippen LogP contribution >= 0.6 is 0 Å². The van der Waals surface area contributed by atoms with E-state index in [0.717, 1.165) is 18.4 Å². The zero-order chi connectivity index (χ0) is 22.0. The van der Waals surface area contributed by atoms with Gasteiger partial charge in [0.05, 0.1) is 12.4 Å². The van der Waals surface area contributed by atoms with Gasteiger partial charge in [-0.2, -0.15) is 4.98 Å². The molecule has 0 saturated heterocycles. The van der Waals surface area contributed by atoms with Crippen molar-refractivity contribution in [1.29, 1.82) is 0 Å². The molecule has 1 amide bonds. The minimum atomic E-state index is -0.504. The topological polar surface area (TPSA) is 103 Å². The van der Waals surface area contributed by atoms with Crippen LogP contribution in [0.25, 0.3) is 11.6 Å². The molecule has 0 N–H and O–H groups in total. The quantitative estimate of drug-likeness (QED) is 0.623. The summed E-state index contributed by atoms with van der Waals surface area (Å²) in [5, 5.41) is 3.75. The molecule has 0 atom stereocenters. The summed E-state index contributed by atoms with van der Waals surface area (Å²) in [5.41, 5.74) is 2.33. The van der Waals surface area contributed by atoms with Crippen molar-refractivity contribution in [2.75, 3.05) is 13.1 Å². The van der Waals surface area contributed by atoms with Crippen LogP contribution < -0.4 is 4.74 Å². The highest BCUT2D eigenvalue weighted by atomic mass is 16.6. The average molecular weight is 423 g/mol. The molecule has 1 aromatic carbocycles. The first-order chi connectivity index (χ1) is 14.8.